The van der Waals surface area contributed by atoms with Crippen LogP contribution in [0.25, 0.3) is 10.7 Å². The molecule has 0 radical (unpaired) electrons. The van der Waals surface area contributed by atoms with E-state index in [1.54, 1.807) is 6.07 Å². The number of rotatable bonds is 5. The number of amides is 1. The summed E-state index contributed by atoms with van der Waals surface area (Å²) in [6, 6.07) is 9.44. The van der Waals surface area contributed by atoms with Gasteiger partial charge in [0.05, 0.1) is 26.4 Å². The Morgan fingerprint density at radius 1 is 1.09 bits per heavy atom. The minimum Gasteiger partial charge on any atom is -0.484 e. The van der Waals surface area contributed by atoms with E-state index in [0.29, 0.717) is 39.5 Å². The molecule has 35 heavy (non-hydrogen) atoms. The van der Waals surface area contributed by atoms with Crippen molar-refractivity contribution < 1.29 is 17.9 Å². The highest BCUT2D eigenvalue weighted by Crippen LogP contribution is 2.42. The molecule has 8 nitrogen and oxygen atoms in total. The monoisotopic (exact) mass is 530 g/mol. The van der Waals surface area contributed by atoms with Gasteiger partial charge in [-0.05, 0) is 43.0 Å². The number of likely N-dealkylation sites (tertiary alicyclic amines) is 1. The van der Waals surface area contributed by atoms with Crippen molar-refractivity contribution in [2.75, 3.05) is 31.1 Å². The zero-order valence-electron chi connectivity index (χ0n) is 18.9. The van der Waals surface area contributed by atoms with Crippen LogP contribution in [-0.2, 0) is 32.6 Å². The second-order valence-electron chi connectivity index (χ2n) is 9.00. The maximum Gasteiger partial charge on any atom is 0.260 e. The van der Waals surface area contributed by atoms with Gasteiger partial charge in [0.25, 0.3) is 5.91 Å². The zero-order valence-corrected chi connectivity index (χ0v) is 21.3. The number of hydrogen-bond donors (Lipinski definition) is 0. The number of fused-ring (bicyclic) bond motifs is 2. The number of halogens is 1. The Bertz CT molecular complexity index is 1430. The van der Waals surface area contributed by atoms with Crippen molar-refractivity contribution in [3.8, 4) is 16.5 Å². The molecule has 182 valence electrons. The van der Waals surface area contributed by atoms with E-state index in [0.717, 1.165) is 48.5 Å². The average molecular weight is 531 g/mol. The topological polar surface area (TPSA) is 92.7 Å². The van der Waals surface area contributed by atoms with Crippen LogP contribution in [0, 0.1) is 0 Å². The van der Waals surface area contributed by atoms with Gasteiger partial charge in [-0.2, -0.15) is 0 Å². The molecular formula is C24H23ClN4O4S2. The van der Waals surface area contributed by atoms with Crippen LogP contribution >= 0.6 is 22.9 Å². The first-order chi connectivity index (χ1) is 16.9. The quantitative estimate of drug-likeness (QED) is 0.492. The number of sulfone groups is 1. The molecule has 0 unspecified atom stereocenters. The lowest BCUT2D eigenvalue weighted by Gasteiger charge is -2.22. The van der Waals surface area contributed by atoms with Crippen LogP contribution in [-0.4, -0.2) is 55.4 Å². The van der Waals surface area contributed by atoms with Crippen molar-refractivity contribution in [3.63, 3.8) is 0 Å². The summed E-state index contributed by atoms with van der Waals surface area (Å²) in [5.41, 5.74) is 3.24. The number of hydrogen-bond acceptors (Lipinski definition) is 8. The summed E-state index contributed by atoms with van der Waals surface area (Å²) in [5, 5.41) is 0. The van der Waals surface area contributed by atoms with Gasteiger partial charge in [-0.25, -0.2) is 18.4 Å². The summed E-state index contributed by atoms with van der Waals surface area (Å²) in [5.74, 6) is 1.52. The Morgan fingerprint density at radius 2 is 1.91 bits per heavy atom. The minimum absolute atomic E-state index is 0.00192. The first-order valence-electron chi connectivity index (χ1n) is 11.5. The summed E-state index contributed by atoms with van der Waals surface area (Å²) < 4.78 is 31.5. The maximum atomic E-state index is 12.5. The van der Waals surface area contributed by atoms with Crippen LogP contribution in [0.15, 0.2) is 30.3 Å². The van der Waals surface area contributed by atoms with Gasteiger partial charge in [0.2, 0.25) is 0 Å². The molecule has 1 aromatic carbocycles. The average Bonchev–Trinajstić information content (AvgIpc) is 3.61. The number of thiophene rings is 1. The minimum atomic E-state index is -3.28. The van der Waals surface area contributed by atoms with E-state index in [4.69, 9.17) is 21.3 Å². The fourth-order valence-corrected chi connectivity index (χ4v) is 7.37. The van der Waals surface area contributed by atoms with Gasteiger partial charge < -0.3 is 14.5 Å². The van der Waals surface area contributed by atoms with Crippen molar-refractivity contribution >= 4 is 50.2 Å². The number of anilines is 2. The predicted molar refractivity (Wildman–Crippen MR) is 135 cm³/mol. The van der Waals surface area contributed by atoms with Crippen molar-refractivity contribution in [1.82, 2.24) is 14.9 Å². The molecule has 0 N–H and O–H groups in total. The summed E-state index contributed by atoms with van der Waals surface area (Å²) in [7, 11) is -3.28. The number of carbonyl (C=O) groups excluding carboxylic acids is 1. The van der Waals surface area contributed by atoms with E-state index >= 15 is 0 Å². The number of ether oxygens (including phenoxy) is 1. The molecule has 1 amide bonds. The first-order valence-corrected chi connectivity index (χ1v) is 14.5. The molecule has 0 bridgehead atoms. The number of carbonyl (C=O) groups is 1. The highest BCUT2D eigenvalue weighted by atomic mass is 35.5. The number of benzene rings is 1. The molecule has 1 fully saturated rings. The van der Waals surface area contributed by atoms with Crippen molar-refractivity contribution in [1.29, 1.82) is 0 Å². The SMILES string of the molecule is O=C(COc1ccc2c(c1)N(c1nc(-c3ccc(Cl)s3)nc3c1CS(=O)(=O)C3)CC2)N1CCCC1. The molecule has 6 rings (SSSR count). The molecule has 0 spiro atoms. The van der Waals surface area contributed by atoms with E-state index in [2.05, 4.69) is 4.98 Å². The lowest BCUT2D eigenvalue weighted by molar-refractivity contribution is -0.132. The summed E-state index contributed by atoms with van der Waals surface area (Å²) in [6.45, 7) is 2.25. The predicted octanol–water partition coefficient (Wildman–Crippen LogP) is 3.98. The lowest BCUT2D eigenvalue weighted by atomic mass is 10.1. The van der Waals surface area contributed by atoms with Crippen molar-refractivity contribution in [3.05, 3.63) is 51.5 Å². The molecule has 3 aromatic rings. The smallest absolute Gasteiger partial charge is 0.260 e. The molecule has 0 saturated carbocycles. The van der Waals surface area contributed by atoms with Crippen LogP contribution in [0.5, 0.6) is 5.75 Å². The molecule has 0 atom stereocenters. The Labute approximate surface area is 212 Å². The molecule has 11 heteroatoms. The van der Waals surface area contributed by atoms with Crippen molar-refractivity contribution in [2.45, 2.75) is 30.8 Å². The molecule has 0 aliphatic carbocycles. The van der Waals surface area contributed by atoms with Crippen LogP contribution < -0.4 is 9.64 Å². The molecule has 2 aromatic heterocycles. The van der Waals surface area contributed by atoms with Crippen molar-refractivity contribution in [2.24, 2.45) is 0 Å². The summed E-state index contributed by atoms with van der Waals surface area (Å²) >= 11 is 7.49. The van der Waals surface area contributed by atoms with E-state index in [1.165, 1.54) is 11.3 Å². The zero-order chi connectivity index (χ0) is 24.2. The maximum absolute atomic E-state index is 12.5. The lowest BCUT2D eigenvalue weighted by Crippen LogP contribution is -2.32. The van der Waals surface area contributed by atoms with Gasteiger partial charge in [0, 0.05) is 37.0 Å². The number of aromatic nitrogens is 2. The first kappa shape index (κ1) is 22.8. The Hall–Kier alpha value is -2.69. The third-order valence-electron chi connectivity index (χ3n) is 6.61. The van der Waals surface area contributed by atoms with E-state index < -0.39 is 9.84 Å². The van der Waals surface area contributed by atoms with E-state index in [-0.39, 0.29) is 24.0 Å². The second kappa shape index (κ2) is 8.76. The normalized spacial score (nSPS) is 18.1. The summed E-state index contributed by atoms with van der Waals surface area (Å²) in [6.07, 6.45) is 2.88. The third kappa shape index (κ3) is 4.39. The standard InChI is InChI=1S/C24H23ClN4O4S2/c25-21-6-5-20(34-21)23-26-18-14-35(31,32)13-17(18)24(27-23)29-10-7-15-3-4-16(11-19(15)29)33-12-22(30)28-8-1-2-9-28/h3-6,11H,1-2,7-10,12-14H2. The molecule has 3 aliphatic rings. The van der Waals surface area contributed by atoms with Crippen LogP contribution in [0.2, 0.25) is 4.34 Å². The van der Waals surface area contributed by atoms with Gasteiger partial charge in [-0.1, -0.05) is 17.7 Å². The highest BCUT2D eigenvalue weighted by Gasteiger charge is 2.34. The van der Waals surface area contributed by atoms with Gasteiger partial charge in [0.15, 0.2) is 22.3 Å². The fourth-order valence-electron chi connectivity index (χ4n) is 4.90. The fraction of sp³-hybridized carbons (Fsp3) is 0.375. The largest absolute Gasteiger partial charge is 0.484 e. The Kier molecular flexibility index (Phi) is 5.69. The van der Waals surface area contributed by atoms with Gasteiger partial charge in [0.1, 0.15) is 11.6 Å². The molecule has 5 heterocycles. The Morgan fingerprint density at radius 3 is 2.69 bits per heavy atom. The second-order valence-corrected chi connectivity index (χ2v) is 12.8. The van der Waals surface area contributed by atoms with Crippen LogP contribution in [0.1, 0.15) is 29.7 Å². The molecular weight excluding hydrogens is 508 g/mol. The van der Waals surface area contributed by atoms with E-state index in [1.807, 2.05) is 34.1 Å². The highest BCUT2D eigenvalue weighted by molar-refractivity contribution is 7.90. The molecule has 3 aliphatic heterocycles. The van der Waals surface area contributed by atoms with Gasteiger partial charge >= 0.3 is 0 Å². The summed E-state index contributed by atoms with van der Waals surface area (Å²) in [4.78, 5) is 26.5. The van der Waals surface area contributed by atoms with Crippen LogP contribution in [0.3, 0.4) is 0 Å². The Balaban J connectivity index is 1.34. The molecule has 1 saturated heterocycles. The number of nitrogens with zero attached hydrogens (tertiary/aromatic N) is 4. The third-order valence-corrected chi connectivity index (χ3v) is 9.28. The van der Waals surface area contributed by atoms with E-state index in [9.17, 15) is 13.2 Å². The van der Waals surface area contributed by atoms with Gasteiger partial charge in [-0.15, -0.1) is 11.3 Å². The van der Waals surface area contributed by atoms with Crippen LogP contribution in [0.4, 0.5) is 11.5 Å². The van der Waals surface area contributed by atoms with Gasteiger partial charge in [-0.3, -0.25) is 4.79 Å².